The Morgan fingerprint density at radius 2 is 2.50 bits per heavy atom. The molecule has 0 spiro atoms. The van der Waals surface area contributed by atoms with Crippen molar-refractivity contribution in [3.05, 3.63) is 17.5 Å². The molecule has 3 heteroatoms. The summed E-state index contributed by atoms with van der Waals surface area (Å²) in [5.41, 5.74) is 2.17. The molecule has 0 amide bonds. The predicted octanol–water partition coefficient (Wildman–Crippen LogP) is 1.48. The summed E-state index contributed by atoms with van der Waals surface area (Å²) in [6.45, 7) is 5.12. The van der Waals surface area contributed by atoms with E-state index in [-0.39, 0.29) is 0 Å². The Hall–Kier alpha value is -0.830. The molecule has 0 saturated heterocycles. The molecule has 0 aliphatic heterocycles. The van der Waals surface area contributed by atoms with E-state index in [1.807, 2.05) is 6.92 Å². The number of aromatic nitrogens is 1. The molecular weight excluding hydrogens is 152 g/mol. The number of aryl methyl sites for hydroxylation is 1. The predicted molar refractivity (Wildman–Crippen MR) is 45.6 cm³/mol. The molecule has 0 bridgehead atoms. The molecule has 1 aliphatic carbocycles. The molecule has 1 aliphatic rings. The molecule has 12 heavy (non-hydrogen) atoms. The Balaban J connectivity index is 1.84. The summed E-state index contributed by atoms with van der Waals surface area (Å²) in [5, 5.41) is 7.27. The second-order valence-corrected chi connectivity index (χ2v) is 3.63. The van der Waals surface area contributed by atoms with Gasteiger partial charge in [-0.05, 0) is 19.3 Å². The van der Waals surface area contributed by atoms with Crippen molar-refractivity contribution in [1.29, 1.82) is 0 Å². The molecule has 2 rings (SSSR count). The van der Waals surface area contributed by atoms with Gasteiger partial charge in [-0.1, -0.05) is 12.1 Å². The summed E-state index contributed by atoms with van der Waals surface area (Å²) in [6.07, 6.45) is 3.03. The highest BCUT2D eigenvalue weighted by Crippen LogP contribution is 2.29. The van der Waals surface area contributed by atoms with E-state index in [1.54, 1.807) is 6.26 Å². The first-order valence-electron chi connectivity index (χ1n) is 4.40. The highest BCUT2D eigenvalue weighted by atomic mass is 16.5. The minimum absolute atomic E-state index is 0.722. The van der Waals surface area contributed by atoms with Gasteiger partial charge in [0.05, 0.1) is 5.69 Å². The molecule has 1 aromatic heterocycles. The van der Waals surface area contributed by atoms with E-state index in [2.05, 4.69) is 17.4 Å². The fourth-order valence-electron chi connectivity index (χ4n) is 1.33. The van der Waals surface area contributed by atoms with Gasteiger partial charge < -0.3 is 9.84 Å². The maximum Gasteiger partial charge on any atom is 0.128 e. The highest BCUT2D eigenvalue weighted by molar-refractivity contribution is 5.12. The van der Waals surface area contributed by atoms with Crippen molar-refractivity contribution < 1.29 is 4.52 Å². The zero-order valence-electron chi connectivity index (χ0n) is 7.50. The topological polar surface area (TPSA) is 38.1 Å². The van der Waals surface area contributed by atoms with Crippen molar-refractivity contribution in [1.82, 2.24) is 10.5 Å². The van der Waals surface area contributed by atoms with Gasteiger partial charge in [0.25, 0.3) is 0 Å². The SMILES string of the molecule is Cc1nocc1CNC1CC1C. The van der Waals surface area contributed by atoms with Crippen LogP contribution < -0.4 is 5.32 Å². The lowest BCUT2D eigenvalue weighted by Crippen LogP contribution is -2.17. The maximum atomic E-state index is 4.83. The van der Waals surface area contributed by atoms with E-state index in [0.29, 0.717) is 0 Å². The fraction of sp³-hybridized carbons (Fsp3) is 0.667. The van der Waals surface area contributed by atoms with Crippen molar-refractivity contribution in [2.75, 3.05) is 0 Å². The van der Waals surface area contributed by atoms with Crippen LogP contribution in [0.3, 0.4) is 0 Å². The lowest BCUT2D eigenvalue weighted by Gasteiger charge is -1.99. The highest BCUT2D eigenvalue weighted by Gasteiger charge is 2.31. The van der Waals surface area contributed by atoms with E-state index < -0.39 is 0 Å². The quantitative estimate of drug-likeness (QED) is 0.739. The molecule has 1 heterocycles. The van der Waals surface area contributed by atoms with Crippen molar-refractivity contribution in [2.45, 2.75) is 32.9 Å². The summed E-state index contributed by atoms with van der Waals surface area (Å²) >= 11 is 0. The molecule has 1 aromatic rings. The molecule has 1 saturated carbocycles. The molecule has 66 valence electrons. The maximum absolute atomic E-state index is 4.83. The van der Waals surface area contributed by atoms with Crippen molar-refractivity contribution >= 4 is 0 Å². The zero-order valence-corrected chi connectivity index (χ0v) is 7.50. The second kappa shape index (κ2) is 2.90. The van der Waals surface area contributed by atoms with Crippen LogP contribution in [0.4, 0.5) is 0 Å². The normalized spacial score (nSPS) is 27.5. The van der Waals surface area contributed by atoms with Gasteiger partial charge in [-0.15, -0.1) is 0 Å². The van der Waals surface area contributed by atoms with Gasteiger partial charge in [-0.2, -0.15) is 0 Å². The zero-order chi connectivity index (χ0) is 8.55. The van der Waals surface area contributed by atoms with Crippen molar-refractivity contribution in [3.8, 4) is 0 Å². The largest absolute Gasteiger partial charge is 0.364 e. The molecule has 3 nitrogen and oxygen atoms in total. The van der Waals surface area contributed by atoms with Crippen molar-refractivity contribution in [2.24, 2.45) is 5.92 Å². The molecular formula is C9H14N2O. The first-order chi connectivity index (χ1) is 5.77. The Kier molecular flexibility index (Phi) is 1.89. The summed E-state index contributed by atoms with van der Waals surface area (Å²) < 4.78 is 4.83. The van der Waals surface area contributed by atoms with Gasteiger partial charge in [0.2, 0.25) is 0 Å². The van der Waals surface area contributed by atoms with Crippen LogP contribution in [0.5, 0.6) is 0 Å². The molecule has 0 aromatic carbocycles. The molecule has 1 fully saturated rings. The summed E-state index contributed by atoms with van der Waals surface area (Å²) in [7, 11) is 0. The Labute approximate surface area is 72.1 Å². The first-order valence-corrected chi connectivity index (χ1v) is 4.40. The number of rotatable bonds is 3. The third kappa shape index (κ3) is 1.50. The minimum atomic E-state index is 0.722. The van der Waals surface area contributed by atoms with Crippen LogP contribution in [0, 0.1) is 12.8 Å². The first kappa shape index (κ1) is 7.80. The molecule has 0 radical (unpaired) electrons. The van der Waals surface area contributed by atoms with Gasteiger partial charge in [-0.3, -0.25) is 0 Å². The van der Waals surface area contributed by atoms with Crippen LogP contribution in [0.25, 0.3) is 0 Å². The standard InChI is InChI=1S/C9H14N2O/c1-6-3-9(6)10-4-8-5-12-11-7(8)2/h5-6,9-10H,3-4H2,1-2H3. The number of hydrogen-bond acceptors (Lipinski definition) is 3. The fourth-order valence-corrected chi connectivity index (χ4v) is 1.33. The Morgan fingerprint density at radius 1 is 1.75 bits per heavy atom. The summed E-state index contributed by atoms with van der Waals surface area (Å²) in [4.78, 5) is 0. The van der Waals surface area contributed by atoms with Crippen LogP contribution in [0.2, 0.25) is 0 Å². The van der Waals surface area contributed by atoms with Crippen LogP contribution in [0.1, 0.15) is 24.6 Å². The third-order valence-electron chi connectivity index (χ3n) is 2.51. The van der Waals surface area contributed by atoms with E-state index >= 15 is 0 Å². The molecule has 1 N–H and O–H groups in total. The van der Waals surface area contributed by atoms with Crippen LogP contribution >= 0.6 is 0 Å². The Morgan fingerprint density at radius 3 is 3.00 bits per heavy atom. The van der Waals surface area contributed by atoms with E-state index in [1.165, 1.54) is 12.0 Å². The number of hydrogen-bond donors (Lipinski definition) is 1. The van der Waals surface area contributed by atoms with Crippen LogP contribution in [-0.2, 0) is 6.54 Å². The van der Waals surface area contributed by atoms with Gasteiger partial charge in [0.1, 0.15) is 6.26 Å². The summed E-state index contributed by atoms with van der Waals surface area (Å²) in [5.74, 6) is 0.852. The van der Waals surface area contributed by atoms with E-state index in [0.717, 1.165) is 24.2 Å². The van der Waals surface area contributed by atoms with Crippen LogP contribution in [-0.4, -0.2) is 11.2 Å². The lowest BCUT2D eigenvalue weighted by molar-refractivity contribution is 0.414. The third-order valence-corrected chi connectivity index (χ3v) is 2.51. The van der Waals surface area contributed by atoms with Crippen molar-refractivity contribution in [3.63, 3.8) is 0 Å². The van der Waals surface area contributed by atoms with Crippen LogP contribution in [0.15, 0.2) is 10.8 Å². The minimum Gasteiger partial charge on any atom is -0.364 e. The number of nitrogens with zero attached hydrogens (tertiary/aromatic N) is 1. The molecule has 2 atom stereocenters. The average Bonchev–Trinajstić information content (AvgIpc) is 2.57. The molecule has 2 unspecified atom stereocenters. The van der Waals surface area contributed by atoms with Gasteiger partial charge in [0.15, 0.2) is 0 Å². The van der Waals surface area contributed by atoms with Gasteiger partial charge in [0, 0.05) is 18.2 Å². The van der Waals surface area contributed by atoms with Gasteiger partial charge in [-0.25, -0.2) is 0 Å². The number of nitrogens with one attached hydrogen (secondary N) is 1. The van der Waals surface area contributed by atoms with E-state index in [9.17, 15) is 0 Å². The lowest BCUT2D eigenvalue weighted by atomic mass is 10.2. The van der Waals surface area contributed by atoms with E-state index in [4.69, 9.17) is 4.52 Å². The van der Waals surface area contributed by atoms with Gasteiger partial charge >= 0.3 is 0 Å². The second-order valence-electron chi connectivity index (χ2n) is 3.63. The monoisotopic (exact) mass is 166 g/mol. The Bertz CT molecular complexity index is 269. The average molecular weight is 166 g/mol. The summed E-state index contributed by atoms with van der Waals surface area (Å²) in [6, 6.07) is 0.722. The smallest absolute Gasteiger partial charge is 0.128 e.